The first-order valence-electron chi connectivity index (χ1n) is 5.95. The molecule has 6 heteroatoms. The number of thiazole rings is 1. The van der Waals surface area contributed by atoms with E-state index in [2.05, 4.69) is 27.2 Å². The molecule has 2 heterocycles. The highest BCUT2D eigenvalue weighted by atomic mass is 32.1. The fourth-order valence-corrected chi connectivity index (χ4v) is 2.21. The highest BCUT2D eigenvalue weighted by Gasteiger charge is 2.03. The zero-order valence-electron chi connectivity index (χ0n) is 10.5. The van der Waals surface area contributed by atoms with E-state index in [0.717, 1.165) is 11.4 Å². The van der Waals surface area contributed by atoms with Crippen LogP contribution in [-0.4, -0.2) is 21.6 Å². The third kappa shape index (κ3) is 3.40. The number of rotatable bonds is 6. The van der Waals surface area contributed by atoms with Crippen molar-refractivity contribution < 1.29 is 4.74 Å². The summed E-state index contributed by atoms with van der Waals surface area (Å²) in [6, 6.07) is 1.74. The van der Waals surface area contributed by atoms with Crippen molar-refractivity contribution in [2.75, 3.05) is 11.9 Å². The van der Waals surface area contributed by atoms with Crippen molar-refractivity contribution in [1.82, 2.24) is 15.0 Å². The van der Waals surface area contributed by atoms with E-state index >= 15 is 0 Å². The zero-order chi connectivity index (χ0) is 12.8. The number of aromatic nitrogens is 3. The molecule has 0 aliphatic rings. The summed E-state index contributed by atoms with van der Waals surface area (Å²) in [5.74, 6) is 1.15. The van der Waals surface area contributed by atoms with Crippen molar-refractivity contribution >= 4 is 17.3 Å². The second-order valence-electron chi connectivity index (χ2n) is 3.58. The summed E-state index contributed by atoms with van der Waals surface area (Å²) in [4.78, 5) is 14.0. The third-order valence-electron chi connectivity index (χ3n) is 2.27. The van der Waals surface area contributed by atoms with Crippen LogP contribution in [0.2, 0.25) is 0 Å². The van der Waals surface area contributed by atoms with Crippen LogP contribution in [0.15, 0.2) is 18.5 Å². The van der Waals surface area contributed by atoms with Crippen LogP contribution in [0.25, 0.3) is 0 Å². The fourth-order valence-electron chi connectivity index (χ4n) is 1.40. The largest absolute Gasteiger partial charge is 0.478 e. The average molecular weight is 264 g/mol. The average Bonchev–Trinajstić information content (AvgIpc) is 2.85. The molecule has 0 aliphatic heterocycles. The Morgan fingerprint density at radius 3 is 2.94 bits per heavy atom. The van der Waals surface area contributed by atoms with Gasteiger partial charge in [0.15, 0.2) is 0 Å². The van der Waals surface area contributed by atoms with E-state index < -0.39 is 0 Å². The maximum atomic E-state index is 5.32. The molecule has 0 amide bonds. The molecule has 1 N–H and O–H groups in total. The number of nitrogens with one attached hydrogen (secondary N) is 1. The Morgan fingerprint density at radius 1 is 1.33 bits per heavy atom. The van der Waals surface area contributed by atoms with Crippen molar-refractivity contribution in [3.8, 4) is 5.88 Å². The van der Waals surface area contributed by atoms with Crippen molar-refractivity contribution in [2.45, 2.75) is 26.8 Å². The summed E-state index contributed by atoms with van der Waals surface area (Å²) >= 11 is 1.71. The Hall–Kier alpha value is -1.69. The van der Waals surface area contributed by atoms with Crippen molar-refractivity contribution in [2.24, 2.45) is 0 Å². The highest BCUT2D eigenvalue weighted by molar-refractivity contribution is 7.11. The molecule has 5 nitrogen and oxygen atoms in total. The molecule has 0 fully saturated rings. The molecule has 2 aromatic heterocycles. The van der Waals surface area contributed by atoms with E-state index in [1.807, 2.05) is 13.1 Å². The van der Waals surface area contributed by atoms with Crippen LogP contribution in [0.5, 0.6) is 5.88 Å². The lowest BCUT2D eigenvalue weighted by molar-refractivity contribution is 0.326. The molecule has 0 aliphatic carbocycles. The van der Waals surface area contributed by atoms with Gasteiger partial charge >= 0.3 is 0 Å². The van der Waals surface area contributed by atoms with Gasteiger partial charge < -0.3 is 10.1 Å². The van der Waals surface area contributed by atoms with Crippen LogP contribution < -0.4 is 10.1 Å². The first kappa shape index (κ1) is 12.8. The third-order valence-corrected chi connectivity index (χ3v) is 3.41. The topological polar surface area (TPSA) is 59.9 Å². The first-order valence-corrected chi connectivity index (χ1v) is 6.76. The van der Waals surface area contributed by atoms with Crippen LogP contribution in [0.1, 0.15) is 23.7 Å². The lowest BCUT2D eigenvalue weighted by atomic mass is 10.4. The molecule has 0 spiro atoms. The van der Waals surface area contributed by atoms with E-state index in [1.165, 1.54) is 4.88 Å². The van der Waals surface area contributed by atoms with Crippen LogP contribution in [0.3, 0.4) is 0 Å². The number of anilines is 1. The van der Waals surface area contributed by atoms with Gasteiger partial charge in [-0.25, -0.2) is 9.97 Å². The second-order valence-corrected chi connectivity index (χ2v) is 4.78. The molecule has 0 saturated carbocycles. The molecule has 0 atom stereocenters. The minimum absolute atomic E-state index is 0.564. The summed E-state index contributed by atoms with van der Waals surface area (Å²) in [6.45, 7) is 5.29. The fraction of sp³-hybridized carbons (Fsp3) is 0.417. The summed E-state index contributed by atoms with van der Waals surface area (Å²) in [6.07, 6.45) is 4.62. The quantitative estimate of drug-likeness (QED) is 0.868. The Kier molecular flexibility index (Phi) is 4.46. The first-order chi connectivity index (χ1) is 8.81. The van der Waals surface area contributed by atoms with Gasteiger partial charge in [-0.2, -0.15) is 4.98 Å². The van der Waals surface area contributed by atoms with Gasteiger partial charge in [0, 0.05) is 23.3 Å². The number of aryl methyl sites for hydroxylation is 1. The highest BCUT2D eigenvalue weighted by Crippen LogP contribution is 2.15. The monoisotopic (exact) mass is 264 g/mol. The van der Waals surface area contributed by atoms with Crippen molar-refractivity contribution in [3.63, 3.8) is 0 Å². The van der Waals surface area contributed by atoms with Gasteiger partial charge in [-0.05, 0) is 13.3 Å². The van der Waals surface area contributed by atoms with Crippen LogP contribution in [0.4, 0.5) is 5.95 Å². The molecule has 0 bridgehead atoms. The summed E-state index contributed by atoms with van der Waals surface area (Å²) in [5, 5.41) is 4.18. The standard InChI is InChI=1S/C12H16N4OS/c1-3-9-7-14-11(18-9)8-15-12-13-6-5-10(16-12)17-4-2/h5-7H,3-4,8H2,1-2H3,(H,13,15,16). The normalized spacial score (nSPS) is 10.3. The minimum Gasteiger partial charge on any atom is -0.478 e. The molecule has 0 radical (unpaired) electrons. The molecule has 2 rings (SSSR count). The van der Waals surface area contributed by atoms with Gasteiger partial charge in [-0.15, -0.1) is 11.3 Å². The second kappa shape index (κ2) is 6.30. The number of hydrogen-bond donors (Lipinski definition) is 1. The molecule has 18 heavy (non-hydrogen) atoms. The smallest absolute Gasteiger partial charge is 0.226 e. The predicted octanol–water partition coefficient (Wildman–Crippen LogP) is 2.51. The van der Waals surface area contributed by atoms with Gasteiger partial charge in [0.1, 0.15) is 5.01 Å². The van der Waals surface area contributed by atoms with Gasteiger partial charge in [0.25, 0.3) is 0 Å². The molecular weight excluding hydrogens is 248 g/mol. The molecule has 0 saturated heterocycles. The van der Waals surface area contributed by atoms with E-state index in [9.17, 15) is 0 Å². The van der Waals surface area contributed by atoms with E-state index in [1.54, 1.807) is 23.6 Å². The van der Waals surface area contributed by atoms with E-state index in [0.29, 0.717) is 25.0 Å². The molecule has 2 aromatic rings. The van der Waals surface area contributed by atoms with Crippen LogP contribution in [0, 0.1) is 0 Å². The van der Waals surface area contributed by atoms with E-state index in [-0.39, 0.29) is 0 Å². The number of nitrogens with zero attached hydrogens (tertiary/aromatic N) is 3. The van der Waals surface area contributed by atoms with E-state index in [4.69, 9.17) is 4.74 Å². The summed E-state index contributed by atoms with van der Waals surface area (Å²) in [5.41, 5.74) is 0. The predicted molar refractivity (Wildman–Crippen MR) is 72.0 cm³/mol. The zero-order valence-corrected chi connectivity index (χ0v) is 11.3. The SMILES string of the molecule is CCOc1ccnc(NCc2ncc(CC)s2)n1. The number of hydrogen-bond acceptors (Lipinski definition) is 6. The Balaban J connectivity index is 1.94. The molecule has 0 unspecified atom stereocenters. The Bertz CT molecular complexity index is 500. The maximum absolute atomic E-state index is 5.32. The van der Waals surface area contributed by atoms with Crippen molar-refractivity contribution in [3.05, 3.63) is 28.3 Å². The molecular formula is C12H16N4OS. The summed E-state index contributed by atoms with van der Waals surface area (Å²) < 4.78 is 5.32. The Morgan fingerprint density at radius 2 is 2.22 bits per heavy atom. The summed E-state index contributed by atoms with van der Waals surface area (Å²) in [7, 11) is 0. The Labute approximate surface area is 110 Å². The minimum atomic E-state index is 0.564. The molecule has 96 valence electrons. The lowest BCUT2D eigenvalue weighted by Gasteiger charge is -2.05. The van der Waals surface area contributed by atoms with Crippen molar-refractivity contribution in [1.29, 1.82) is 0 Å². The lowest BCUT2D eigenvalue weighted by Crippen LogP contribution is -2.04. The van der Waals surface area contributed by atoms with Gasteiger partial charge in [0.2, 0.25) is 11.8 Å². The van der Waals surface area contributed by atoms with Crippen LogP contribution >= 0.6 is 11.3 Å². The van der Waals surface area contributed by atoms with Gasteiger partial charge in [0.05, 0.1) is 13.2 Å². The maximum Gasteiger partial charge on any atom is 0.226 e. The van der Waals surface area contributed by atoms with Gasteiger partial charge in [-0.3, -0.25) is 0 Å². The van der Waals surface area contributed by atoms with Crippen LogP contribution in [-0.2, 0) is 13.0 Å². The number of ether oxygens (including phenoxy) is 1. The molecule has 0 aromatic carbocycles. The van der Waals surface area contributed by atoms with Gasteiger partial charge in [-0.1, -0.05) is 6.92 Å².